The number of amidine groups is 1. The SMILES string of the molecule is COc1ccc(CCN=C(NC(=O)c2ccccc2)[C@@H](C)c2ccc(CC(C)C)cc2)cc1OC. The molecule has 35 heavy (non-hydrogen) atoms. The maximum atomic E-state index is 12.9. The highest BCUT2D eigenvalue weighted by atomic mass is 16.5. The number of carbonyl (C=O) groups is 1. The van der Waals surface area contributed by atoms with Crippen LogP contribution in [-0.4, -0.2) is 32.5 Å². The maximum Gasteiger partial charge on any atom is 0.256 e. The van der Waals surface area contributed by atoms with Crippen LogP contribution in [-0.2, 0) is 12.8 Å². The van der Waals surface area contributed by atoms with Gasteiger partial charge in [0.15, 0.2) is 11.5 Å². The molecule has 1 amide bonds. The van der Waals surface area contributed by atoms with E-state index in [4.69, 9.17) is 14.5 Å². The van der Waals surface area contributed by atoms with Crippen LogP contribution in [0.25, 0.3) is 0 Å². The van der Waals surface area contributed by atoms with E-state index < -0.39 is 0 Å². The van der Waals surface area contributed by atoms with Gasteiger partial charge in [-0.05, 0) is 59.7 Å². The molecule has 184 valence electrons. The number of nitrogens with one attached hydrogen (secondary N) is 1. The highest BCUT2D eigenvalue weighted by Gasteiger charge is 2.17. The first-order valence-corrected chi connectivity index (χ1v) is 12.1. The van der Waals surface area contributed by atoms with Gasteiger partial charge in [0.05, 0.1) is 14.2 Å². The Morgan fingerprint density at radius 3 is 2.14 bits per heavy atom. The minimum absolute atomic E-state index is 0.0545. The van der Waals surface area contributed by atoms with Gasteiger partial charge in [0, 0.05) is 18.0 Å². The van der Waals surface area contributed by atoms with Crippen molar-refractivity contribution >= 4 is 11.7 Å². The first-order chi connectivity index (χ1) is 16.9. The second kappa shape index (κ2) is 12.7. The second-order valence-electron chi connectivity index (χ2n) is 9.09. The predicted molar refractivity (Wildman–Crippen MR) is 143 cm³/mol. The van der Waals surface area contributed by atoms with E-state index in [1.165, 1.54) is 5.56 Å². The van der Waals surface area contributed by atoms with Gasteiger partial charge in [-0.3, -0.25) is 9.79 Å². The lowest BCUT2D eigenvalue weighted by molar-refractivity contribution is 0.0976. The van der Waals surface area contributed by atoms with Crippen LogP contribution < -0.4 is 14.8 Å². The van der Waals surface area contributed by atoms with Crippen LogP contribution in [0.3, 0.4) is 0 Å². The number of hydrogen-bond acceptors (Lipinski definition) is 4. The number of amides is 1. The Labute approximate surface area is 209 Å². The van der Waals surface area contributed by atoms with Gasteiger partial charge in [-0.1, -0.05) is 69.3 Å². The fourth-order valence-corrected chi connectivity index (χ4v) is 3.98. The molecule has 0 spiro atoms. The molecule has 3 aromatic rings. The van der Waals surface area contributed by atoms with Gasteiger partial charge in [0.2, 0.25) is 0 Å². The zero-order chi connectivity index (χ0) is 25.2. The number of nitrogens with zero attached hydrogens (tertiary/aromatic N) is 1. The largest absolute Gasteiger partial charge is 0.493 e. The fraction of sp³-hybridized carbons (Fsp3) is 0.333. The van der Waals surface area contributed by atoms with E-state index in [1.807, 2.05) is 48.5 Å². The third-order valence-corrected chi connectivity index (χ3v) is 5.94. The van der Waals surface area contributed by atoms with E-state index in [-0.39, 0.29) is 11.8 Å². The van der Waals surface area contributed by atoms with Crippen LogP contribution >= 0.6 is 0 Å². The Kier molecular flexibility index (Phi) is 9.47. The third-order valence-electron chi connectivity index (χ3n) is 5.94. The van der Waals surface area contributed by atoms with Crippen molar-refractivity contribution in [2.75, 3.05) is 20.8 Å². The molecule has 0 aliphatic carbocycles. The van der Waals surface area contributed by atoms with Crippen LogP contribution in [0.1, 0.15) is 53.7 Å². The molecule has 3 aromatic carbocycles. The summed E-state index contributed by atoms with van der Waals surface area (Å²) in [6.07, 6.45) is 1.76. The third kappa shape index (κ3) is 7.44. The quantitative estimate of drug-likeness (QED) is 0.287. The highest BCUT2D eigenvalue weighted by Crippen LogP contribution is 2.27. The van der Waals surface area contributed by atoms with Crippen molar-refractivity contribution in [2.24, 2.45) is 10.9 Å². The van der Waals surface area contributed by atoms with Crippen molar-refractivity contribution in [3.8, 4) is 11.5 Å². The Morgan fingerprint density at radius 1 is 0.857 bits per heavy atom. The Bertz CT molecular complexity index is 1120. The molecule has 5 nitrogen and oxygen atoms in total. The Hall–Kier alpha value is -3.60. The van der Waals surface area contributed by atoms with Gasteiger partial charge in [-0.25, -0.2) is 0 Å². The molecule has 0 unspecified atom stereocenters. The lowest BCUT2D eigenvalue weighted by atomic mass is 9.95. The van der Waals surface area contributed by atoms with Crippen LogP contribution in [0.15, 0.2) is 77.8 Å². The number of methoxy groups -OCH3 is 2. The second-order valence-corrected chi connectivity index (χ2v) is 9.09. The van der Waals surface area contributed by atoms with Crippen molar-refractivity contribution in [3.63, 3.8) is 0 Å². The van der Waals surface area contributed by atoms with Gasteiger partial charge in [0.25, 0.3) is 5.91 Å². The van der Waals surface area contributed by atoms with Crippen LogP contribution in [0, 0.1) is 5.92 Å². The van der Waals surface area contributed by atoms with E-state index in [9.17, 15) is 4.79 Å². The number of benzene rings is 3. The lowest BCUT2D eigenvalue weighted by Gasteiger charge is -2.18. The smallest absolute Gasteiger partial charge is 0.256 e. The van der Waals surface area contributed by atoms with Crippen molar-refractivity contribution in [1.29, 1.82) is 0 Å². The summed E-state index contributed by atoms with van der Waals surface area (Å²) in [4.78, 5) is 17.8. The molecule has 1 atom stereocenters. The molecule has 0 aliphatic heterocycles. The predicted octanol–water partition coefficient (Wildman–Crippen LogP) is 6.08. The molecule has 3 rings (SSSR count). The van der Waals surface area contributed by atoms with Crippen molar-refractivity contribution in [2.45, 2.75) is 39.5 Å². The zero-order valence-electron chi connectivity index (χ0n) is 21.4. The molecule has 0 aliphatic rings. The number of aliphatic imine (C=N–C) groups is 1. The van der Waals surface area contributed by atoms with E-state index >= 15 is 0 Å². The molecule has 0 saturated carbocycles. The molecule has 0 fully saturated rings. The van der Waals surface area contributed by atoms with Crippen molar-refractivity contribution in [1.82, 2.24) is 5.32 Å². The molecule has 5 heteroatoms. The Balaban J connectivity index is 1.80. The number of ether oxygens (including phenoxy) is 2. The summed E-state index contributed by atoms with van der Waals surface area (Å²) in [6.45, 7) is 7.06. The number of hydrogen-bond donors (Lipinski definition) is 1. The molecule has 0 radical (unpaired) electrons. The highest BCUT2D eigenvalue weighted by molar-refractivity contribution is 6.08. The maximum absolute atomic E-state index is 12.9. The van der Waals surface area contributed by atoms with Gasteiger partial charge in [-0.15, -0.1) is 0 Å². The summed E-state index contributed by atoms with van der Waals surface area (Å²) in [5.41, 5.74) is 4.14. The van der Waals surface area contributed by atoms with Crippen LogP contribution in [0.2, 0.25) is 0 Å². The molecule has 1 N–H and O–H groups in total. The average Bonchev–Trinajstić information content (AvgIpc) is 2.88. The molecule has 0 bridgehead atoms. The van der Waals surface area contributed by atoms with E-state index in [0.29, 0.717) is 41.8 Å². The van der Waals surface area contributed by atoms with Gasteiger partial charge in [0.1, 0.15) is 5.84 Å². The van der Waals surface area contributed by atoms with E-state index in [2.05, 4.69) is 50.4 Å². The monoisotopic (exact) mass is 472 g/mol. The molecule has 0 saturated heterocycles. The minimum Gasteiger partial charge on any atom is -0.493 e. The Morgan fingerprint density at radius 2 is 1.51 bits per heavy atom. The zero-order valence-corrected chi connectivity index (χ0v) is 21.4. The van der Waals surface area contributed by atoms with Crippen LogP contribution in [0.4, 0.5) is 0 Å². The summed E-state index contributed by atoms with van der Waals surface area (Å²) < 4.78 is 10.7. The van der Waals surface area contributed by atoms with Crippen molar-refractivity contribution in [3.05, 3.63) is 95.1 Å². The molecule has 0 aromatic heterocycles. The van der Waals surface area contributed by atoms with E-state index in [1.54, 1.807) is 14.2 Å². The fourth-order valence-electron chi connectivity index (χ4n) is 3.98. The first-order valence-electron chi connectivity index (χ1n) is 12.1. The first kappa shape index (κ1) is 26.0. The summed E-state index contributed by atoms with van der Waals surface area (Å²) in [5, 5.41) is 3.07. The van der Waals surface area contributed by atoms with Crippen molar-refractivity contribution < 1.29 is 14.3 Å². The standard InChI is InChI=1S/C30H36N2O3/c1-21(2)19-23-11-14-25(15-12-23)22(3)29(32-30(33)26-9-7-6-8-10-26)31-18-17-24-13-16-27(34-4)28(20-24)35-5/h6-16,20-22H,17-19H2,1-5H3,(H,31,32,33)/t22-/m0/s1. The topological polar surface area (TPSA) is 59.9 Å². The molecular weight excluding hydrogens is 436 g/mol. The summed E-state index contributed by atoms with van der Waals surface area (Å²) >= 11 is 0. The summed E-state index contributed by atoms with van der Waals surface area (Å²) in [5.74, 6) is 2.46. The average molecular weight is 473 g/mol. The molecule has 0 heterocycles. The summed E-state index contributed by atoms with van der Waals surface area (Å²) in [6, 6.07) is 23.7. The lowest BCUT2D eigenvalue weighted by Crippen LogP contribution is -2.34. The number of rotatable bonds is 10. The van der Waals surface area contributed by atoms with Gasteiger partial charge < -0.3 is 14.8 Å². The van der Waals surface area contributed by atoms with E-state index in [0.717, 1.165) is 17.5 Å². The van der Waals surface area contributed by atoms with Gasteiger partial charge in [-0.2, -0.15) is 0 Å². The van der Waals surface area contributed by atoms with Gasteiger partial charge >= 0.3 is 0 Å². The summed E-state index contributed by atoms with van der Waals surface area (Å²) in [7, 11) is 3.26. The normalized spacial score (nSPS) is 12.3. The van der Waals surface area contributed by atoms with Crippen LogP contribution in [0.5, 0.6) is 11.5 Å². The minimum atomic E-state index is -0.154. The number of carbonyl (C=O) groups excluding carboxylic acids is 1. The molecular formula is C30H36N2O3.